The van der Waals surface area contributed by atoms with E-state index < -0.39 is 0 Å². The number of hydrogen-bond acceptors (Lipinski definition) is 4. The molecule has 0 heterocycles. The summed E-state index contributed by atoms with van der Waals surface area (Å²) in [5.41, 5.74) is 7.16. The number of rotatable bonds is 9. The monoisotopic (exact) mass is 371 g/mol. The highest BCUT2D eigenvalue weighted by Crippen LogP contribution is 2.27. The van der Waals surface area contributed by atoms with E-state index in [9.17, 15) is 9.59 Å². The van der Waals surface area contributed by atoms with E-state index in [0.717, 1.165) is 16.1 Å². The summed E-state index contributed by atoms with van der Waals surface area (Å²) in [6, 6.07) is 17.2. The topological polar surface area (TPSA) is 75.4 Å². The number of anilines is 1. The van der Waals surface area contributed by atoms with Gasteiger partial charge in [0, 0.05) is 23.7 Å². The summed E-state index contributed by atoms with van der Waals surface area (Å²) in [4.78, 5) is 26.6. The van der Waals surface area contributed by atoms with E-state index in [1.165, 1.54) is 11.8 Å². The second-order valence-corrected chi connectivity index (χ2v) is 6.97. The van der Waals surface area contributed by atoms with Crippen molar-refractivity contribution >= 4 is 29.3 Å². The van der Waals surface area contributed by atoms with Crippen molar-refractivity contribution in [2.24, 2.45) is 5.73 Å². The van der Waals surface area contributed by atoms with Crippen LogP contribution in [0.5, 0.6) is 0 Å². The number of amides is 2. The maximum absolute atomic E-state index is 12.8. The molecule has 2 aromatic carbocycles. The van der Waals surface area contributed by atoms with E-state index in [-0.39, 0.29) is 23.6 Å². The van der Waals surface area contributed by atoms with Crippen LogP contribution in [-0.2, 0) is 16.1 Å². The van der Waals surface area contributed by atoms with E-state index in [1.54, 1.807) is 0 Å². The lowest BCUT2D eigenvalue weighted by molar-refractivity contribution is -0.132. The lowest BCUT2D eigenvalue weighted by Crippen LogP contribution is -2.41. The molecule has 0 aliphatic heterocycles. The van der Waals surface area contributed by atoms with Crippen molar-refractivity contribution in [2.75, 3.05) is 17.6 Å². The molecule has 1 atom stereocenters. The molecule has 5 nitrogen and oxygen atoms in total. The average Bonchev–Trinajstić information content (AvgIpc) is 2.65. The maximum Gasteiger partial charge on any atom is 0.245 e. The van der Waals surface area contributed by atoms with Crippen LogP contribution in [0.4, 0.5) is 5.69 Å². The Hall–Kier alpha value is -2.47. The molecule has 0 saturated carbocycles. The first-order valence-corrected chi connectivity index (χ1v) is 9.59. The molecule has 0 aromatic heterocycles. The minimum atomic E-state index is -0.381. The molecule has 26 heavy (non-hydrogen) atoms. The van der Waals surface area contributed by atoms with Crippen molar-refractivity contribution in [2.45, 2.75) is 31.3 Å². The quantitative estimate of drug-likeness (QED) is 0.664. The van der Waals surface area contributed by atoms with Crippen molar-refractivity contribution in [3.05, 3.63) is 60.2 Å². The average molecular weight is 372 g/mol. The zero-order valence-electron chi connectivity index (χ0n) is 15.1. The van der Waals surface area contributed by atoms with Crippen molar-refractivity contribution in [1.82, 2.24) is 4.90 Å². The van der Waals surface area contributed by atoms with Gasteiger partial charge in [-0.1, -0.05) is 42.5 Å². The van der Waals surface area contributed by atoms with Gasteiger partial charge in [-0.05, 0) is 31.5 Å². The van der Waals surface area contributed by atoms with Crippen LogP contribution >= 0.6 is 11.8 Å². The number of para-hydroxylation sites is 1. The first kappa shape index (κ1) is 19.8. The molecule has 3 N–H and O–H groups in total. The molecule has 2 amide bonds. The third kappa shape index (κ3) is 5.81. The van der Waals surface area contributed by atoms with E-state index in [2.05, 4.69) is 5.32 Å². The van der Waals surface area contributed by atoms with Gasteiger partial charge >= 0.3 is 0 Å². The number of carbonyl (C=O) groups excluding carboxylic acids is 2. The third-order valence-corrected chi connectivity index (χ3v) is 5.00. The molecule has 6 heteroatoms. The molecule has 0 aliphatic rings. The summed E-state index contributed by atoms with van der Waals surface area (Å²) in [7, 11) is 0. The Labute approximate surface area is 159 Å². The SMILES string of the molecule is CCN(Cc1ccccc1)C(=O)[C@@H](C)Nc1ccccc1SCC(N)=O. The predicted octanol–water partition coefficient (Wildman–Crippen LogP) is 3.11. The number of hydrogen-bond donors (Lipinski definition) is 2. The molecule has 2 aromatic rings. The number of nitrogens with zero attached hydrogens (tertiary/aromatic N) is 1. The number of nitrogens with two attached hydrogens (primary N) is 1. The van der Waals surface area contributed by atoms with Gasteiger partial charge in [0.2, 0.25) is 11.8 Å². The third-order valence-electron chi connectivity index (χ3n) is 3.91. The summed E-state index contributed by atoms with van der Waals surface area (Å²) in [5, 5.41) is 3.27. The number of benzene rings is 2. The highest BCUT2D eigenvalue weighted by Gasteiger charge is 2.20. The standard InChI is InChI=1S/C20H25N3O2S/c1-3-23(13-16-9-5-4-6-10-16)20(25)15(2)22-17-11-7-8-12-18(17)26-14-19(21)24/h4-12,15,22H,3,13-14H2,1-2H3,(H2,21,24)/t15-/m1/s1. The summed E-state index contributed by atoms with van der Waals surface area (Å²) >= 11 is 1.36. The molecule has 0 spiro atoms. The largest absolute Gasteiger partial charge is 0.373 e. The fraction of sp³-hybridized carbons (Fsp3) is 0.300. The molecule has 0 fully saturated rings. The van der Waals surface area contributed by atoms with E-state index in [4.69, 9.17) is 5.73 Å². The molecule has 138 valence electrons. The van der Waals surface area contributed by atoms with Crippen LogP contribution in [0.25, 0.3) is 0 Å². The lowest BCUT2D eigenvalue weighted by atomic mass is 10.2. The minimum Gasteiger partial charge on any atom is -0.373 e. The van der Waals surface area contributed by atoms with Gasteiger partial charge in [0.05, 0.1) is 5.75 Å². The van der Waals surface area contributed by atoms with E-state index in [1.807, 2.05) is 73.3 Å². The van der Waals surface area contributed by atoms with Gasteiger partial charge in [0.1, 0.15) is 6.04 Å². The molecule has 0 saturated heterocycles. The van der Waals surface area contributed by atoms with Crippen LogP contribution < -0.4 is 11.1 Å². The number of nitrogens with one attached hydrogen (secondary N) is 1. The van der Waals surface area contributed by atoms with Crippen LogP contribution in [0, 0.1) is 0 Å². The molecule has 2 rings (SSSR count). The van der Waals surface area contributed by atoms with Crippen LogP contribution in [-0.4, -0.2) is 35.1 Å². The highest BCUT2D eigenvalue weighted by molar-refractivity contribution is 8.00. The smallest absolute Gasteiger partial charge is 0.245 e. The molecule has 0 bridgehead atoms. The first-order valence-electron chi connectivity index (χ1n) is 8.60. The van der Waals surface area contributed by atoms with Gasteiger partial charge in [-0.25, -0.2) is 0 Å². The van der Waals surface area contributed by atoms with Crippen molar-refractivity contribution in [1.29, 1.82) is 0 Å². The second-order valence-electron chi connectivity index (χ2n) is 5.96. The van der Waals surface area contributed by atoms with E-state index in [0.29, 0.717) is 13.1 Å². The molecular formula is C20H25N3O2S. The molecule has 0 aliphatic carbocycles. The van der Waals surface area contributed by atoms with Gasteiger partial charge in [0.25, 0.3) is 0 Å². The Morgan fingerprint density at radius 3 is 2.42 bits per heavy atom. The second kappa shape index (κ2) is 9.87. The van der Waals surface area contributed by atoms with Crippen molar-refractivity contribution in [3.8, 4) is 0 Å². The zero-order chi connectivity index (χ0) is 18.9. The Bertz CT molecular complexity index is 737. The Balaban J connectivity index is 2.04. The van der Waals surface area contributed by atoms with Crippen LogP contribution in [0.15, 0.2) is 59.5 Å². The van der Waals surface area contributed by atoms with Crippen LogP contribution in [0.3, 0.4) is 0 Å². The van der Waals surface area contributed by atoms with Gasteiger partial charge in [-0.3, -0.25) is 9.59 Å². The zero-order valence-corrected chi connectivity index (χ0v) is 16.0. The summed E-state index contributed by atoms with van der Waals surface area (Å²) < 4.78 is 0. The fourth-order valence-electron chi connectivity index (χ4n) is 2.58. The van der Waals surface area contributed by atoms with Crippen molar-refractivity contribution < 1.29 is 9.59 Å². The summed E-state index contributed by atoms with van der Waals surface area (Å²) in [6.45, 7) is 5.05. The van der Waals surface area contributed by atoms with Gasteiger partial charge in [0.15, 0.2) is 0 Å². The number of thioether (sulfide) groups is 1. The maximum atomic E-state index is 12.8. The number of carbonyl (C=O) groups is 2. The molecule has 0 unspecified atom stereocenters. The highest BCUT2D eigenvalue weighted by atomic mass is 32.2. The Kier molecular flexibility index (Phi) is 7.53. The fourth-order valence-corrected chi connectivity index (χ4v) is 3.33. The number of likely N-dealkylation sites (N-methyl/N-ethyl adjacent to an activating group) is 1. The predicted molar refractivity (Wildman–Crippen MR) is 107 cm³/mol. The number of primary amides is 1. The van der Waals surface area contributed by atoms with Crippen molar-refractivity contribution in [3.63, 3.8) is 0 Å². The molecular weight excluding hydrogens is 346 g/mol. The van der Waals surface area contributed by atoms with Gasteiger partial charge in [-0.15, -0.1) is 11.8 Å². The Morgan fingerprint density at radius 2 is 1.77 bits per heavy atom. The normalized spacial score (nSPS) is 11.6. The summed E-state index contributed by atoms with van der Waals surface area (Å²) in [5.74, 6) is -0.129. The molecule has 0 radical (unpaired) electrons. The van der Waals surface area contributed by atoms with Crippen LogP contribution in [0.1, 0.15) is 19.4 Å². The van der Waals surface area contributed by atoms with Gasteiger partial charge < -0.3 is 16.0 Å². The first-order chi connectivity index (χ1) is 12.5. The van der Waals surface area contributed by atoms with Crippen LogP contribution in [0.2, 0.25) is 0 Å². The van der Waals surface area contributed by atoms with E-state index >= 15 is 0 Å². The Morgan fingerprint density at radius 1 is 1.12 bits per heavy atom. The van der Waals surface area contributed by atoms with Gasteiger partial charge in [-0.2, -0.15) is 0 Å². The minimum absolute atomic E-state index is 0.0334. The summed E-state index contributed by atoms with van der Waals surface area (Å²) in [6.07, 6.45) is 0. The lowest BCUT2D eigenvalue weighted by Gasteiger charge is -2.26.